The summed E-state index contributed by atoms with van der Waals surface area (Å²) in [6, 6.07) is 0. The molecule has 15 heavy (non-hydrogen) atoms. The van der Waals surface area contributed by atoms with Gasteiger partial charge in [0.1, 0.15) is 0 Å². The van der Waals surface area contributed by atoms with Gasteiger partial charge in [-0.3, -0.25) is 19.4 Å². The van der Waals surface area contributed by atoms with Crippen LogP contribution in [0.3, 0.4) is 0 Å². The van der Waals surface area contributed by atoms with Gasteiger partial charge in [0.25, 0.3) is 0 Å². The van der Waals surface area contributed by atoms with Crippen molar-refractivity contribution < 1.29 is 4.79 Å². The van der Waals surface area contributed by atoms with Crippen molar-refractivity contribution >= 4 is 5.91 Å². The third kappa shape index (κ3) is 3.02. The topological polar surface area (TPSA) is 123 Å². The number of nitrogens with zero attached hydrogens (tertiary/aromatic N) is 2. The van der Waals surface area contributed by atoms with Crippen LogP contribution in [0.15, 0.2) is 9.59 Å². The summed E-state index contributed by atoms with van der Waals surface area (Å²) in [6.45, 7) is 0.162. The third-order valence-corrected chi connectivity index (χ3v) is 1.60. The predicted octanol–water partition coefficient (Wildman–Crippen LogP) is -3.19. The van der Waals surface area contributed by atoms with E-state index in [1.807, 2.05) is 4.98 Å². The number of nitrogens with two attached hydrogens (primary N) is 1. The van der Waals surface area contributed by atoms with Gasteiger partial charge in [-0.05, 0) is 0 Å². The molecule has 1 aromatic rings. The van der Waals surface area contributed by atoms with Gasteiger partial charge in [0, 0.05) is 6.54 Å². The van der Waals surface area contributed by atoms with E-state index in [0.29, 0.717) is 0 Å². The summed E-state index contributed by atoms with van der Waals surface area (Å²) >= 11 is 0. The van der Waals surface area contributed by atoms with Crippen LogP contribution in [0.1, 0.15) is 0 Å². The molecule has 0 aliphatic heterocycles. The highest BCUT2D eigenvalue weighted by Crippen LogP contribution is 1.69. The molecule has 0 fully saturated rings. The van der Waals surface area contributed by atoms with Crippen molar-refractivity contribution in [2.24, 2.45) is 5.73 Å². The van der Waals surface area contributed by atoms with Gasteiger partial charge in [0.05, 0.1) is 13.1 Å². The standard InChI is InChI=1S/C7H10N5O3/c8-3-5(13)9-1-2-12-7(15)6(14)10-4-11-12/h1-3,8H2,(H,9,13)(H,10,11,14). The Bertz CT molecular complexity index is 448. The number of nitrogens with one attached hydrogen (secondary N) is 2. The van der Waals surface area contributed by atoms with E-state index in [2.05, 4.69) is 16.7 Å². The minimum Gasteiger partial charge on any atom is -0.353 e. The van der Waals surface area contributed by atoms with Gasteiger partial charge in [-0.2, -0.15) is 0 Å². The lowest BCUT2D eigenvalue weighted by molar-refractivity contribution is -0.119. The minimum atomic E-state index is -0.796. The SMILES string of the molecule is NCC(=O)NCCn1n[c][nH]c(=O)c1=O. The molecule has 4 N–H and O–H groups in total. The Labute approximate surface area is 84.1 Å². The average molecular weight is 212 g/mol. The number of hydrogen-bond acceptors (Lipinski definition) is 5. The number of H-pyrrole nitrogens is 1. The Kier molecular flexibility index (Phi) is 3.75. The van der Waals surface area contributed by atoms with Crippen LogP contribution in [-0.2, 0) is 11.3 Å². The quantitative estimate of drug-likeness (QED) is 0.454. The largest absolute Gasteiger partial charge is 0.353 e. The molecule has 0 saturated heterocycles. The van der Waals surface area contributed by atoms with Crippen LogP contribution in [-0.4, -0.2) is 33.8 Å². The zero-order valence-electron chi connectivity index (χ0n) is 7.82. The maximum Gasteiger partial charge on any atom is 0.332 e. The molecule has 0 unspecified atom stereocenters. The number of rotatable bonds is 4. The van der Waals surface area contributed by atoms with Crippen LogP contribution in [0, 0.1) is 6.33 Å². The molecule has 0 atom stereocenters. The maximum atomic E-state index is 11.1. The van der Waals surface area contributed by atoms with E-state index in [9.17, 15) is 14.4 Å². The molecule has 81 valence electrons. The molecule has 1 aromatic heterocycles. The fourth-order valence-electron chi connectivity index (χ4n) is 0.877. The molecule has 1 amide bonds. The number of amides is 1. The fourth-order valence-corrected chi connectivity index (χ4v) is 0.877. The number of carbonyl (C=O) groups excluding carboxylic acids is 1. The summed E-state index contributed by atoms with van der Waals surface area (Å²) in [4.78, 5) is 34.7. The van der Waals surface area contributed by atoms with Crippen molar-refractivity contribution in [2.75, 3.05) is 13.1 Å². The van der Waals surface area contributed by atoms with E-state index in [4.69, 9.17) is 5.73 Å². The van der Waals surface area contributed by atoms with Gasteiger partial charge in [-0.25, -0.2) is 4.68 Å². The second-order valence-corrected chi connectivity index (χ2v) is 2.65. The Balaban J connectivity index is 2.59. The third-order valence-electron chi connectivity index (χ3n) is 1.60. The Morgan fingerprint density at radius 2 is 2.33 bits per heavy atom. The van der Waals surface area contributed by atoms with Crippen molar-refractivity contribution in [1.29, 1.82) is 0 Å². The normalized spacial score (nSPS) is 9.93. The summed E-state index contributed by atoms with van der Waals surface area (Å²) in [7, 11) is 0. The first-order valence-corrected chi connectivity index (χ1v) is 4.19. The monoisotopic (exact) mass is 212 g/mol. The second-order valence-electron chi connectivity index (χ2n) is 2.65. The maximum absolute atomic E-state index is 11.1. The van der Waals surface area contributed by atoms with Gasteiger partial charge in [0.15, 0.2) is 6.33 Å². The van der Waals surface area contributed by atoms with Crippen LogP contribution in [0.4, 0.5) is 0 Å². The number of hydrogen-bond donors (Lipinski definition) is 3. The molecule has 0 bridgehead atoms. The van der Waals surface area contributed by atoms with E-state index in [1.165, 1.54) is 0 Å². The van der Waals surface area contributed by atoms with Gasteiger partial charge in [-0.1, -0.05) is 0 Å². The molecule has 0 saturated carbocycles. The zero-order chi connectivity index (χ0) is 11.3. The lowest BCUT2D eigenvalue weighted by Gasteiger charge is -2.03. The summed E-state index contributed by atoms with van der Waals surface area (Å²) < 4.78 is 0.912. The van der Waals surface area contributed by atoms with Crippen LogP contribution in [0.25, 0.3) is 0 Å². The summed E-state index contributed by atoms with van der Waals surface area (Å²) in [5.41, 5.74) is 3.47. The zero-order valence-corrected chi connectivity index (χ0v) is 7.82. The van der Waals surface area contributed by atoms with E-state index in [1.54, 1.807) is 0 Å². The van der Waals surface area contributed by atoms with E-state index >= 15 is 0 Å². The van der Waals surface area contributed by atoms with Crippen molar-refractivity contribution in [3.63, 3.8) is 0 Å². The molecule has 1 heterocycles. The molecule has 1 rings (SSSR count). The fraction of sp³-hybridized carbons (Fsp3) is 0.429. The molecule has 1 radical (unpaired) electrons. The Morgan fingerprint density at radius 1 is 1.60 bits per heavy atom. The lowest BCUT2D eigenvalue weighted by atomic mass is 10.5. The van der Waals surface area contributed by atoms with E-state index < -0.39 is 11.1 Å². The second kappa shape index (κ2) is 5.05. The summed E-state index contributed by atoms with van der Waals surface area (Å²) in [5, 5.41) is 5.94. The van der Waals surface area contributed by atoms with Gasteiger partial charge < -0.3 is 11.1 Å². The molecule has 8 nitrogen and oxygen atoms in total. The van der Waals surface area contributed by atoms with Crippen LogP contribution < -0.4 is 22.2 Å². The Hall–Kier alpha value is -1.96. The lowest BCUT2D eigenvalue weighted by Crippen LogP contribution is -2.41. The first-order chi connectivity index (χ1) is 7.15. The van der Waals surface area contributed by atoms with Gasteiger partial charge in [0.2, 0.25) is 5.91 Å². The molecule has 0 aliphatic carbocycles. The number of aromatic nitrogens is 3. The predicted molar refractivity (Wildman–Crippen MR) is 50.0 cm³/mol. The van der Waals surface area contributed by atoms with Crippen molar-refractivity contribution in [2.45, 2.75) is 6.54 Å². The highest BCUT2D eigenvalue weighted by atomic mass is 16.2. The van der Waals surface area contributed by atoms with Crippen LogP contribution in [0.5, 0.6) is 0 Å². The molecular formula is C7H10N5O3. The summed E-state index contributed by atoms with van der Waals surface area (Å²) in [5.74, 6) is -0.336. The van der Waals surface area contributed by atoms with Crippen molar-refractivity contribution in [3.8, 4) is 0 Å². The first kappa shape index (κ1) is 11.1. The average Bonchev–Trinajstić information content (AvgIpc) is 2.24. The Morgan fingerprint density at radius 3 is 3.00 bits per heavy atom. The molecule has 8 heteroatoms. The molecule has 0 spiro atoms. The van der Waals surface area contributed by atoms with E-state index in [-0.39, 0.29) is 25.5 Å². The van der Waals surface area contributed by atoms with Crippen LogP contribution in [0.2, 0.25) is 0 Å². The van der Waals surface area contributed by atoms with Crippen molar-refractivity contribution in [3.05, 3.63) is 27.0 Å². The number of aromatic amines is 1. The highest BCUT2D eigenvalue weighted by molar-refractivity contribution is 5.77. The minimum absolute atomic E-state index is 0.102. The summed E-state index contributed by atoms with van der Waals surface area (Å²) in [6.07, 6.45) is 2.16. The molecular weight excluding hydrogens is 202 g/mol. The van der Waals surface area contributed by atoms with Crippen molar-refractivity contribution in [1.82, 2.24) is 20.1 Å². The number of carbonyl (C=O) groups is 1. The molecule has 0 aliphatic rings. The van der Waals surface area contributed by atoms with Gasteiger partial charge in [-0.15, -0.1) is 5.10 Å². The van der Waals surface area contributed by atoms with Gasteiger partial charge >= 0.3 is 11.1 Å². The highest BCUT2D eigenvalue weighted by Gasteiger charge is 2.01. The first-order valence-electron chi connectivity index (χ1n) is 4.19. The molecule has 0 aromatic carbocycles. The van der Waals surface area contributed by atoms with E-state index in [0.717, 1.165) is 4.68 Å². The van der Waals surface area contributed by atoms with Crippen LogP contribution >= 0.6 is 0 Å². The smallest absolute Gasteiger partial charge is 0.332 e.